The normalized spacial score (nSPS) is 26.4. The second-order valence-electron chi connectivity index (χ2n) is 5.96. The van der Waals surface area contributed by atoms with Crippen LogP contribution in [0.1, 0.15) is 30.5 Å². The molecule has 0 unspecified atom stereocenters. The van der Waals surface area contributed by atoms with Gasteiger partial charge in [-0.1, -0.05) is 67.6 Å². The zero-order valence-electron chi connectivity index (χ0n) is 12.1. The Morgan fingerprint density at radius 1 is 0.950 bits per heavy atom. The predicted octanol–water partition coefficient (Wildman–Crippen LogP) is 4.22. The number of nitrogens with one attached hydrogen (secondary N) is 1. The van der Waals surface area contributed by atoms with E-state index >= 15 is 0 Å². The number of benzene rings is 2. The third-order valence-electron chi connectivity index (χ3n) is 4.60. The Kier molecular flexibility index (Phi) is 4.17. The molecule has 1 nitrogen and oxygen atoms in total. The van der Waals surface area contributed by atoms with Crippen molar-refractivity contribution in [1.82, 2.24) is 5.32 Å². The zero-order valence-corrected chi connectivity index (χ0v) is 12.1. The second kappa shape index (κ2) is 6.23. The van der Waals surface area contributed by atoms with Gasteiger partial charge in [-0.2, -0.15) is 0 Å². The molecular weight excluding hydrogens is 242 g/mol. The number of hydrogen-bond donors (Lipinski definition) is 1. The van der Waals surface area contributed by atoms with E-state index in [1.165, 1.54) is 17.5 Å². The van der Waals surface area contributed by atoms with Crippen LogP contribution in [0.4, 0.5) is 0 Å². The maximum atomic E-state index is 3.74. The fraction of sp³-hybridized carbons (Fsp3) is 0.368. The fourth-order valence-corrected chi connectivity index (χ4v) is 3.39. The Balaban J connectivity index is 1.84. The van der Waals surface area contributed by atoms with Crippen LogP contribution in [-0.2, 0) is 6.42 Å². The van der Waals surface area contributed by atoms with Crippen molar-refractivity contribution in [2.75, 3.05) is 6.54 Å². The van der Waals surface area contributed by atoms with Gasteiger partial charge in [0.15, 0.2) is 0 Å². The van der Waals surface area contributed by atoms with Gasteiger partial charge < -0.3 is 5.32 Å². The van der Waals surface area contributed by atoms with Gasteiger partial charge in [-0.25, -0.2) is 0 Å². The monoisotopic (exact) mass is 265 g/mol. The van der Waals surface area contributed by atoms with E-state index in [9.17, 15) is 0 Å². The summed E-state index contributed by atoms with van der Waals surface area (Å²) in [6.45, 7) is 3.54. The highest BCUT2D eigenvalue weighted by Crippen LogP contribution is 2.35. The summed E-state index contributed by atoms with van der Waals surface area (Å²) in [5.41, 5.74) is 2.88. The molecule has 1 heteroatoms. The lowest BCUT2D eigenvalue weighted by molar-refractivity contribution is 0.202. The van der Waals surface area contributed by atoms with Crippen LogP contribution in [0.25, 0.3) is 0 Å². The highest BCUT2D eigenvalue weighted by atomic mass is 14.9. The lowest BCUT2D eigenvalue weighted by Gasteiger charge is -2.38. The van der Waals surface area contributed by atoms with Crippen molar-refractivity contribution in [1.29, 1.82) is 0 Å². The molecule has 0 saturated carbocycles. The lowest BCUT2D eigenvalue weighted by Crippen LogP contribution is -2.40. The van der Waals surface area contributed by atoms with Gasteiger partial charge in [0.1, 0.15) is 0 Å². The molecule has 0 bridgehead atoms. The molecule has 1 saturated heterocycles. The molecule has 1 heterocycles. The molecule has 0 radical (unpaired) electrons. The van der Waals surface area contributed by atoms with E-state index in [0.717, 1.165) is 18.9 Å². The van der Waals surface area contributed by atoms with Crippen LogP contribution < -0.4 is 5.32 Å². The maximum Gasteiger partial charge on any atom is 0.0354 e. The molecule has 1 aliphatic heterocycles. The number of piperidine rings is 1. The Hall–Kier alpha value is -1.60. The third-order valence-corrected chi connectivity index (χ3v) is 4.60. The van der Waals surface area contributed by atoms with E-state index in [2.05, 4.69) is 72.9 Å². The minimum atomic E-state index is 0.486. The van der Waals surface area contributed by atoms with Crippen LogP contribution in [0.5, 0.6) is 0 Å². The average molecular weight is 265 g/mol. The van der Waals surface area contributed by atoms with Gasteiger partial charge in [-0.05, 0) is 42.3 Å². The topological polar surface area (TPSA) is 12.0 Å². The molecule has 1 aliphatic rings. The molecule has 2 aromatic carbocycles. The van der Waals surface area contributed by atoms with Crippen LogP contribution in [0, 0.1) is 11.8 Å². The van der Waals surface area contributed by atoms with E-state index in [-0.39, 0.29) is 0 Å². The van der Waals surface area contributed by atoms with Gasteiger partial charge in [0.05, 0.1) is 0 Å². The zero-order chi connectivity index (χ0) is 13.8. The van der Waals surface area contributed by atoms with E-state index in [0.29, 0.717) is 12.0 Å². The highest BCUT2D eigenvalue weighted by molar-refractivity contribution is 5.23. The summed E-state index contributed by atoms with van der Waals surface area (Å²) >= 11 is 0. The first-order chi connectivity index (χ1) is 9.84. The second-order valence-corrected chi connectivity index (χ2v) is 5.96. The smallest absolute Gasteiger partial charge is 0.0354 e. The first-order valence-electron chi connectivity index (χ1n) is 7.67. The van der Waals surface area contributed by atoms with Crippen molar-refractivity contribution >= 4 is 0 Å². The molecule has 0 aromatic heterocycles. The summed E-state index contributed by atoms with van der Waals surface area (Å²) in [4.78, 5) is 0. The summed E-state index contributed by atoms with van der Waals surface area (Å²) < 4.78 is 0. The minimum Gasteiger partial charge on any atom is -0.310 e. The van der Waals surface area contributed by atoms with Crippen LogP contribution >= 0.6 is 0 Å². The van der Waals surface area contributed by atoms with E-state index in [4.69, 9.17) is 0 Å². The predicted molar refractivity (Wildman–Crippen MR) is 84.6 cm³/mol. The van der Waals surface area contributed by atoms with Crippen molar-refractivity contribution in [2.45, 2.75) is 25.8 Å². The molecular formula is C19H23N. The van der Waals surface area contributed by atoms with Crippen LogP contribution in [0.3, 0.4) is 0 Å². The number of rotatable bonds is 3. The Morgan fingerprint density at radius 3 is 2.30 bits per heavy atom. The summed E-state index contributed by atoms with van der Waals surface area (Å²) in [6, 6.07) is 22.3. The molecule has 0 amide bonds. The first kappa shape index (κ1) is 13.4. The Labute approximate surface area is 122 Å². The summed E-state index contributed by atoms with van der Waals surface area (Å²) in [5.74, 6) is 1.44. The van der Waals surface area contributed by atoms with Crippen LogP contribution in [0.2, 0.25) is 0 Å². The maximum absolute atomic E-state index is 3.74. The summed E-state index contributed by atoms with van der Waals surface area (Å²) in [7, 11) is 0. The standard InChI is InChI=1S/C19H23N/c1-15-12-13-20-19(17-10-6-3-7-11-17)18(15)14-16-8-4-2-5-9-16/h2-11,15,18-20H,12-14H2,1H3/t15-,18+,19-/m0/s1. The number of hydrogen-bond acceptors (Lipinski definition) is 1. The van der Waals surface area contributed by atoms with E-state index in [1.807, 2.05) is 0 Å². The largest absolute Gasteiger partial charge is 0.310 e. The van der Waals surface area contributed by atoms with Gasteiger partial charge in [-0.15, -0.1) is 0 Å². The Morgan fingerprint density at radius 2 is 1.60 bits per heavy atom. The third kappa shape index (κ3) is 2.94. The molecule has 0 aliphatic carbocycles. The SMILES string of the molecule is C[C@H]1CCN[C@@H](c2ccccc2)[C@@H]1Cc1ccccc1. The lowest BCUT2D eigenvalue weighted by atomic mass is 9.76. The van der Waals surface area contributed by atoms with Crippen molar-refractivity contribution in [3.8, 4) is 0 Å². The molecule has 20 heavy (non-hydrogen) atoms. The average Bonchev–Trinajstić information content (AvgIpc) is 2.51. The molecule has 3 rings (SSSR count). The van der Waals surface area contributed by atoms with Crippen LogP contribution in [-0.4, -0.2) is 6.54 Å². The first-order valence-corrected chi connectivity index (χ1v) is 7.67. The fourth-order valence-electron chi connectivity index (χ4n) is 3.39. The Bertz CT molecular complexity index is 520. The molecule has 1 fully saturated rings. The molecule has 2 aromatic rings. The van der Waals surface area contributed by atoms with Gasteiger partial charge in [-0.3, -0.25) is 0 Å². The van der Waals surface area contributed by atoms with Crippen LogP contribution in [0.15, 0.2) is 60.7 Å². The molecule has 104 valence electrons. The summed E-state index contributed by atoms with van der Waals surface area (Å²) in [5, 5.41) is 3.74. The molecule has 3 atom stereocenters. The van der Waals surface area contributed by atoms with E-state index < -0.39 is 0 Å². The van der Waals surface area contributed by atoms with Crippen molar-refractivity contribution in [3.05, 3.63) is 71.8 Å². The van der Waals surface area contributed by atoms with E-state index in [1.54, 1.807) is 0 Å². The van der Waals surface area contributed by atoms with Gasteiger partial charge in [0.2, 0.25) is 0 Å². The molecule has 1 N–H and O–H groups in total. The minimum absolute atomic E-state index is 0.486. The quantitative estimate of drug-likeness (QED) is 0.876. The van der Waals surface area contributed by atoms with Gasteiger partial charge in [0.25, 0.3) is 0 Å². The van der Waals surface area contributed by atoms with Crippen molar-refractivity contribution in [3.63, 3.8) is 0 Å². The molecule has 0 spiro atoms. The van der Waals surface area contributed by atoms with Gasteiger partial charge in [0, 0.05) is 6.04 Å². The summed E-state index contributed by atoms with van der Waals surface area (Å²) in [6.07, 6.45) is 2.44. The van der Waals surface area contributed by atoms with Crippen molar-refractivity contribution in [2.24, 2.45) is 11.8 Å². The highest BCUT2D eigenvalue weighted by Gasteiger charge is 2.31. The van der Waals surface area contributed by atoms with Crippen molar-refractivity contribution < 1.29 is 0 Å². The van der Waals surface area contributed by atoms with Gasteiger partial charge >= 0.3 is 0 Å².